The van der Waals surface area contributed by atoms with Crippen molar-refractivity contribution in [3.8, 4) is 11.4 Å². The van der Waals surface area contributed by atoms with E-state index in [1.807, 2.05) is 17.7 Å². The van der Waals surface area contributed by atoms with Crippen molar-refractivity contribution in [1.82, 2.24) is 25.0 Å². The zero-order valence-electron chi connectivity index (χ0n) is 10.1. The molecule has 0 aliphatic carbocycles. The minimum Gasteiger partial charge on any atom is -0.370 e. The molecule has 0 atom stereocenters. The summed E-state index contributed by atoms with van der Waals surface area (Å²) in [7, 11) is 0. The summed E-state index contributed by atoms with van der Waals surface area (Å²) >= 11 is 0. The van der Waals surface area contributed by atoms with Crippen molar-refractivity contribution in [2.24, 2.45) is 0 Å². The third-order valence-corrected chi connectivity index (χ3v) is 2.34. The first kappa shape index (κ1) is 11.5. The molecule has 1 N–H and O–H groups in total. The van der Waals surface area contributed by atoms with E-state index in [0.29, 0.717) is 0 Å². The van der Waals surface area contributed by atoms with Crippen molar-refractivity contribution in [3.63, 3.8) is 0 Å². The minimum absolute atomic E-state index is 0.821. The Balaban J connectivity index is 2.31. The van der Waals surface area contributed by atoms with Crippen LogP contribution in [0, 0.1) is 0 Å². The molecule has 0 aromatic carbocycles. The van der Waals surface area contributed by atoms with Crippen LogP contribution in [0.1, 0.15) is 20.3 Å². The molecule has 0 unspecified atom stereocenters. The second-order valence-electron chi connectivity index (χ2n) is 3.66. The first-order valence-electron chi connectivity index (χ1n) is 5.80. The van der Waals surface area contributed by atoms with Gasteiger partial charge in [-0.2, -0.15) is 0 Å². The Morgan fingerprint density at radius 1 is 1.29 bits per heavy atom. The normalized spacial score (nSPS) is 10.5. The number of rotatable bonds is 5. The van der Waals surface area contributed by atoms with Gasteiger partial charge in [-0.15, -0.1) is 5.10 Å². The van der Waals surface area contributed by atoms with Crippen LogP contribution in [-0.2, 0) is 6.54 Å². The summed E-state index contributed by atoms with van der Waals surface area (Å²) in [6.45, 7) is 5.82. The van der Waals surface area contributed by atoms with Crippen LogP contribution in [0.15, 0.2) is 18.6 Å². The van der Waals surface area contributed by atoms with E-state index >= 15 is 0 Å². The second kappa shape index (κ2) is 5.38. The fourth-order valence-corrected chi connectivity index (χ4v) is 1.61. The number of hydrogen-bond donors (Lipinski definition) is 1. The molecule has 2 rings (SSSR count). The fraction of sp³-hybridized carbons (Fsp3) is 0.455. The average Bonchev–Trinajstić information content (AvgIpc) is 2.79. The molecule has 2 heterocycles. The first-order valence-corrected chi connectivity index (χ1v) is 5.80. The highest BCUT2D eigenvalue weighted by Crippen LogP contribution is 2.17. The van der Waals surface area contributed by atoms with Crippen LogP contribution in [0.25, 0.3) is 11.4 Å². The average molecular weight is 232 g/mol. The molecule has 0 saturated heterocycles. The Morgan fingerprint density at radius 3 is 2.94 bits per heavy atom. The van der Waals surface area contributed by atoms with Crippen molar-refractivity contribution in [3.05, 3.63) is 18.6 Å². The van der Waals surface area contributed by atoms with Gasteiger partial charge in [-0.3, -0.25) is 0 Å². The van der Waals surface area contributed by atoms with Gasteiger partial charge in [0.1, 0.15) is 17.8 Å². The number of nitrogens with zero attached hydrogens (tertiary/aromatic N) is 5. The standard InChI is InChI=1S/C11H16N6/c1-3-5-17-10(7-15-16-17)9-6-11(12-4-2)14-8-13-9/h6-8H,3-5H2,1-2H3,(H,12,13,14). The third kappa shape index (κ3) is 2.58. The Kier molecular flexibility index (Phi) is 3.64. The van der Waals surface area contributed by atoms with E-state index in [0.717, 1.165) is 36.7 Å². The number of hydrogen-bond acceptors (Lipinski definition) is 5. The molecule has 0 aliphatic rings. The number of aryl methyl sites for hydroxylation is 1. The number of aromatic nitrogens is 5. The van der Waals surface area contributed by atoms with Crippen LogP contribution in [0.5, 0.6) is 0 Å². The molecule has 17 heavy (non-hydrogen) atoms. The Morgan fingerprint density at radius 2 is 2.18 bits per heavy atom. The van der Waals surface area contributed by atoms with Crippen LogP contribution < -0.4 is 5.32 Å². The molecule has 0 amide bonds. The van der Waals surface area contributed by atoms with E-state index in [4.69, 9.17) is 0 Å². The largest absolute Gasteiger partial charge is 0.370 e. The van der Waals surface area contributed by atoms with Gasteiger partial charge in [-0.1, -0.05) is 12.1 Å². The van der Waals surface area contributed by atoms with E-state index in [1.165, 1.54) is 0 Å². The maximum atomic E-state index is 4.26. The van der Waals surface area contributed by atoms with Gasteiger partial charge in [0.25, 0.3) is 0 Å². The monoisotopic (exact) mass is 232 g/mol. The molecule has 6 nitrogen and oxygen atoms in total. The number of anilines is 1. The molecule has 0 radical (unpaired) electrons. The Labute approximate surface area is 100 Å². The molecule has 0 bridgehead atoms. The van der Waals surface area contributed by atoms with Gasteiger partial charge in [0.15, 0.2) is 0 Å². The highest BCUT2D eigenvalue weighted by atomic mass is 15.4. The Hall–Kier alpha value is -1.98. The van der Waals surface area contributed by atoms with Crippen molar-refractivity contribution in [2.45, 2.75) is 26.8 Å². The van der Waals surface area contributed by atoms with Gasteiger partial charge in [0.2, 0.25) is 0 Å². The van der Waals surface area contributed by atoms with Gasteiger partial charge in [-0.05, 0) is 13.3 Å². The summed E-state index contributed by atoms with van der Waals surface area (Å²) in [6, 6.07) is 1.91. The van der Waals surface area contributed by atoms with E-state index in [2.05, 4.69) is 32.5 Å². The van der Waals surface area contributed by atoms with Gasteiger partial charge in [0.05, 0.1) is 11.9 Å². The molecule has 0 aliphatic heterocycles. The lowest BCUT2D eigenvalue weighted by Crippen LogP contribution is -2.04. The molecule has 0 spiro atoms. The maximum Gasteiger partial charge on any atom is 0.130 e. The topological polar surface area (TPSA) is 68.5 Å². The molecule has 90 valence electrons. The summed E-state index contributed by atoms with van der Waals surface area (Å²) in [5.41, 5.74) is 1.77. The summed E-state index contributed by atoms with van der Waals surface area (Å²) in [5.74, 6) is 0.821. The smallest absolute Gasteiger partial charge is 0.130 e. The molecule has 0 fully saturated rings. The molecular formula is C11H16N6. The fourth-order valence-electron chi connectivity index (χ4n) is 1.61. The second-order valence-corrected chi connectivity index (χ2v) is 3.66. The van der Waals surface area contributed by atoms with Crippen LogP contribution in [0.3, 0.4) is 0 Å². The van der Waals surface area contributed by atoms with Gasteiger partial charge >= 0.3 is 0 Å². The summed E-state index contributed by atoms with van der Waals surface area (Å²) in [4.78, 5) is 8.40. The van der Waals surface area contributed by atoms with Crippen molar-refractivity contribution in [2.75, 3.05) is 11.9 Å². The Bertz CT molecular complexity index is 478. The molecule has 0 saturated carbocycles. The lowest BCUT2D eigenvalue weighted by atomic mass is 10.3. The van der Waals surface area contributed by atoms with E-state index < -0.39 is 0 Å². The zero-order valence-corrected chi connectivity index (χ0v) is 10.1. The van der Waals surface area contributed by atoms with Gasteiger partial charge in [-0.25, -0.2) is 14.6 Å². The van der Waals surface area contributed by atoms with Crippen molar-refractivity contribution >= 4 is 5.82 Å². The van der Waals surface area contributed by atoms with Crippen LogP contribution in [0.4, 0.5) is 5.82 Å². The lowest BCUT2D eigenvalue weighted by Gasteiger charge is -2.06. The van der Waals surface area contributed by atoms with Crippen LogP contribution in [0.2, 0.25) is 0 Å². The molecule has 2 aromatic rings. The predicted molar refractivity (Wildman–Crippen MR) is 65.5 cm³/mol. The summed E-state index contributed by atoms with van der Waals surface area (Å²) < 4.78 is 1.86. The van der Waals surface area contributed by atoms with E-state index in [-0.39, 0.29) is 0 Å². The summed E-state index contributed by atoms with van der Waals surface area (Å²) in [5, 5.41) is 11.1. The quantitative estimate of drug-likeness (QED) is 0.847. The van der Waals surface area contributed by atoms with Crippen molar-refractivity contribution < 1.29 is 0 Å². The molecular weight excluding hydrogens is 216 g/mol. The maximum absolute atomic E-state index is 4.26. The molecule has 6 heteroatoms. The highest BCUT2D eigenvalue weighted by Gasteiger charge is 2.08. The zero-order chi connectivity index (χ0) is 12.1. The van der Waals surface area contributed by atoms with Crippen molar-refractivity contribution in [1.29, 1.82) is 0 Å². The highest BCUT2D eigenvalue weighted by molar-refractivity contribution is 5.57. The SMILES string of the molecule is CCCn1nncc1-c1cc(NCC)ncn1. The van der Waals surface area contributed by atoms with Crippen LogP contribution >= 0.6 is 0 Å². The van der Waals surface area contributed by atoms with Gasteiger partial charge in [0, 0.05) is 19.2 Å². The van der Waals surface area contributed by atoms with E-state index in [1.54, 1.807) is 12.5 Å². The van der Waals surface area contributed by atoms with Crippen LogP contribution in [-0.4, -0.2) is 31.5 Å². The minimum atomic E-state index is 0.821. The first-order chi connectivity index (χ1) is 8.35. The summed E-state index contributed by atoms with van der Waals surface area (Å²) in [6.07, 6.45) is 4.30. The third-order valence-electron chi connectivity index (χ3n) is 2.34. The predicted octanol–water partition coefficient (Wildman–Crippen LogP) is 1.58. The molecule has 2 aromatic heterocycles. The van der Waals surface area contributed by atoms with Gasteiger partial charge < -0.3 is 5.32 Å². The van der Waals surface area contributed by atoms with E-state index in [9.17, 15) is 0 Å². The lowest BCUT2D eigenvalue weighted by molar-refractivity contribution is 0.583. The number of nitrogens with one attached hydrogen (secondary N) is 1.